The summed E-state index contributed by atoms with van der Waals surface area (Å²) in [5, 5.41) is 5.52. The van der Waals surface area contributed by atoms with Gasteiger partial charge in [-0.05, 0) is 42.1 Å². The summed E-state index contributed by atoms with van der Waals surface area (Å²) < 4.78 is 23.4. The average Bonchev–Trinajstić information content (AvgIpc) is 2.92. The first-order chi connectivity index (χ1) is 9.52. The van der Waals surface area contributed by atoms with Gasteiger partial charge in [-0.15, -0.1) is 11.3 Å². The molecule has 5 heteroatoms. The number of hydrogen-bond donors (Lipinski definition) is 1. The molecule has 0 aliphatic rings. The smallest absolute Gasteiger partial charge is 0.175 e. The Hall–Kier alpha value is -1.17. The van der Waals surface area contributed by atoms with E-state index in [4.69, 9.17) is 0 Å². The Kier molecular flexibility index (Phi) is 4.96. The van der Waals surface area contributed by atoms with Crippen molar-refractivity contribution in [3.8, 4) is 0 Å². The van der Waals surface area contributed by atoms with Crippen molar-refractivity contribution in [2.24, 2.45) is 0 Å². The molecular weight excluding hydrogens is 290 g/mol. The highest BCUT2D eigenvalue weighted by Gasteiger charge is 2.16. The molecule has 0 radical (unpaired) electrons. The molecule has 0 saturated heterocycles. The molecule has 1 aromatic heterocycles. The first-order valence-electron chi connectivity index (χ1n) is 6.59. The van der Waals surface area contributed by atoms with Crippen LogP contribution in [0.25, 0.3) is 0 Å². The molecule has 0 spiro atoms. The Morgan fingerprint density at radius 2 is 2.05 bits per heavy atom. The lowest BCUT2D eigenvalue weighted by Gasteiger charge is -2.18. The van der Waals surface area contributed by atoms with Crippen molar-refractivity contribution >= 4 is 21.2 Å². The molecule has 0 amide bonds. The summed E-state index contributed by atoms with van der Waals surface area (Å²) in [7, 11) is -3.17. The van der Waals surface area contributed by atoms with Crippen LogP contribution in [0, 0.1) is 0 Å². The van der Waals surface area contributed by atoms with Crippen molar-refractivity contribution in [2.45, 2.75) is 24.3 Å². The quantitative estimate of drug-likeness (QED) is 0.891. The molecule has 2 rings (SSSR count). The third kappa shape index (κ3) is 3.69. The van der Waals surface area contributed by atoms with E-state index in [1.165, 1.54) is 11.1 Å². The van der Waals surface area contributed by atoms with E-state index in [2.05, 4.69) is 18.3 Å². The minimum absolute atomic E-state index is 0.0525. The van der Waals surface area contributed by atoms with Crippen LogP contribution in [-0.2, 0) is 9.84 Å². The standard InChI is InChI=1S/C15H19NO2S2/c1-3-9-16-15(14-8-5-10-19-14)12-6-4-7-13(11-12)20(2,17)18/h4-8,10-11,15-16H,3,9H2,1-2H3. The minimum Gasteiger partial charge on any atom is -0.306 e. The lowest BCUT2D eigenvalue weighted by atomic mass is 10.1. The Bertz CT molecular complexity index is 648. The van der Waals surface area contributed by atoms with Gasteiger partial charge in [0, 0.05) is 11.1 Å². The van der Waals surface area contributed by atoms with Crippen LogP contribution in [-0.4, -0.2) is 21.2 Å². The Morgan fingerprint density at radius 1 is 1.25 bits per heavy atom. The van der Waals surface area contributed by atoms with Gasteiger partial charge in [0.25, 0.3) is 0 Å². The van der Waals surface area contributed by atoms with Crippen LogP contribution in [0.15, 0.2) is 46.7 Å². The average molecular weight is 309 g/mol. The molecule has 0 aliphatic carbocycles. The fraction of sp³-hybridized carbons (Fsp3) is 0.333. The fourth-order valence-electron chi connectivity index (χ4n) is 2.05. The zero-order chi connectivity index (χ0) is 14.6. The minimum atomic E-state index is -3.17. The predicted molar refractivity (Wildman–Crippen MR) is 84.0 cm³/mol. The van der Waals surface area contributed by atoms with Crippen molar-refractivity contribution in [1.82, 2.24) is 5.32 Å². The van der Waals surface area contributed by atoms with Gasteiger partial charge >= 0.3 is 0 Å². The summed E-state index contributed by atoms with van der Waals surface area (Å²) in [4.78, 5) is 1.57. The van der Waals surface area contributed by atoms with E-state index in [9.17, 15) is 8.42 Å². The first kappa shape index (κ1) is 15.2. The number of benzene rings is 1. The van der Waals surface area contributed by atoms with Gasteiger partial charge in [0.2, 0.25) is 0 Å². The molecule has 1 unspecified atom stereocenters. The maximum Gasteiger partial charge on any atom is 0.175 e. The Labute approximate surface area is 124 Å². The summed E-state index contributed by atoms with van der Waals surface area (Å²) >= 11 is 1.68. The van der Waals surface area contributed by atoms with E-state index in [-0.39, 0.29) is 6.04 Å². The van der Waals surface area contributed by atoms with Crippen LogP contribution in [0.2, 0.25) is 0 Å². The van der Waals surface area contributed by atoms with Crippen molar-refractivity contribution in [1.29, 1.82) is 0 Å². The van der Waals surface area contributed by atoms with Crippen LogP contribution in [0.1, 0.15) is 29.8 Å². The molecule has 20 heavy (non-hydrogen) atoms. The second-order valence-corrected chi connectivity index (χ2v) is 7.74. The van der Waals surface area contributed by atoms with Gasteiger partial charge < -0.3 is 5.32 Å². The SMILES string of the molecule is CCCNC(c1cccc(S(C)(=O)=O)c1)c1cccs1. The molecule has 2 aromatic rings. The van der Waals surface area contributed by atoms with E-state index >= 15 is 0 Å². The predicted octanol–water partition coefficient (Wildman–Crippen LogP) is 3.24. The van der Waals surface area contributed by atoms with E-state index in [1.807, 2.05) is 17.5 Å². The summed E-state index contributed by atoms with van der Waals surface area (Å²) in [5.74, 6) is 0. The van der Waals surface area contributed by atoms with Gasteiger partial charge in [-0.1, -0.05) is 25.1 Å². The van der Waals surface area contributed by atoms with Gasteiger partial charge in [-0.3, -0.25) is 0 Å². The first-order valence-corrected chi connectivity index (χ1v) is 9.36. The van der Waals surface area contributed by atoms with E-state index < -0.39 is 9.84 Å². The molecular formula is C15H19NO2S2. The number of nitrogens with one attached hydrogen (secondary N) is 1. The number of sulfone groups is 1. The molecule has 0 bridgehead atoms. The van der Waals surface area contributed by atoms with Crippen LogP contribution >= 0.6 is 11.3 Å². The largest absolute Gasteiger partial charge is 0.306 e. The third-order valence-electron chi connectivity index (χ3n) is 3.05. The fourth-order valence-corrected chi connectivity index (χ4v) is 3.55. The molecule has 108 valence electrons. The van der Waals surface area contributed by atoms with Crippen LogP contribution in [0.5, 0.6) is 0 Å². The van der Waals surface area contributed by atoms with E-state index in [1.54, 1.807) is 29.5 Å². The van der Waals surface area contributed by atoms with Crippen molar-refractivity contribution in [2.75, 3.05) is 12.8 Å². The van der Waals surface area contributed by atoms with Crippen molar-refractivity contribution < 1.29 is 8.42 Å². The second-order valence-electron chi connectivity index (χ2n) is 4.75. The van der Waals surface area contributed by atoms with Gasteiger partial charge in [-0.25, -0.2) is 8.42 Å². The van der Waals surface area contributed by atoms with Gasteiger partial charge in [0.05, 0.1) is 10.9 Å². The molecule has 1 heterocycles. The summed E-state index contributed by atoms with van der Waals surface area (Å²) in [6.45, 7) is 3.01. The number of rotatable bonds is 6. The van der Waals surface area contributed by atoms with Crippen molar-refractivity contribution in [3.05, 3.63) is 52.2 Å². The molecule has 0 aliphatic heterocycles. The molecule has 1 atom stereocenters. The zero-order valence-corrected chi connectivity index (χ0v) is 13.3. The van der Waals surface area contributed by atoms with Gasteiger partial charge in [0.1, 0.15) is 0 Å². The second kappa shape index (κ2) is 6.52. The van der Waals surface area contributed by atoms with Gasteiger partial charge in [0.15, 0.2) is 9.84 Å². The number of hydrogen-bond acceptors (Lipinski definition) is 4. The van der Waals surface area contributed by atoms with Crippen LogP contribution in [0.4, 0.5) is 0 Å². The molecule has 1 aromatic carbocycles. The maximum absolute atomic E-state index is 11.7. The monoisotopic (exact) mass is 309 g/mol. The summed E-state index contributed by atoms with van der Waals surface area (Å²) in [5.41, 5.74) is 0.990. The summed E-state index contributed by atoms with van der Waals surface area (Å²) in [6, 6.07) is 11.3. The highest BCUT2D eigenvalue weighted by atomic mass is 32.2. The lowest BCUT2D eigenvalue weighted by Crippen LogP contribution is -2.22. The highest BCUT2D eigenvalue weighted by Crippen LogP contribution is 2.27. The lowest BCUT2D eigenvalue weighted by molar-refractivity contribution is 0.597. The van der Waals surface area contributed by atoms with Crippen LogP contribution < -0.4 is 5.32 Å². The maximum atomic E-state index is 11.7. The molecule has 0 saturated carbocycles. The van der Waals surface area contributed by atoms with Crippen molar-refractivity contribution in [3.63, 3.8) is 0 Å². The molecule has 0 fully saturated rings. The number of thiophene rings is 1. The third-order valence-corrected chi connectivity index (χ3v) is 5.09. The summed E-state index contributed by atoms with van der Waals surface area (Å²) in [6.07, 6.45) is 2.28. The zero-order valence-electron chi connectivity index (χ0n) is 11.7. The topological polar surface area (TPSA) is 46.2 Å². The molecule has 3 nitrogen and oxygen atoms in total. The van der Waals surface area contributed by atoms with Crippen LogP contribution in [0.3, 0.4) is 0 Å². The molecule has 1 N–H and O–H groups in total. The normalized spacial score (nSPS) is 13.3. The van der Waals surface area contributed by atoms with Gasteiger partial charge in [-0.2, -0.15) is 0 Å². The van der Waals surface area contributed by atoms with E-state index in [0.717, 1.165) is 18.5 Å². The van der Waals surface area contributed by atoms with E-state index in [0.29, 0.717) is 4.90 Å². The highest BCUT2D eigenvalue weighted by molar-refractivity contribution is 7.90. The Balaban J connectivity index is 2.39. The Morgan fingerprint density at radius 3 is 2.65 bits per heavy atom.